The monoisotopic (exact) mass is 386 g/mol. The summed E-state index contributed by atoms with van der Waals surface area (Å²) in [4.78, 5) is 0. The van der Waals surface area contributed by atoms with Gasteiger partial charge in [-0.25, -0.2) is 0 Å². The second kappa shape index (κ2) is 7.75. The van der Waals surface area contributed by atoms with E-state index in [0.29, 0.717) is 5.41 Å². The molecule has 3 fully saturated rings. The SMILES string of the molecule is CC(C)CCCC(C)C1CCC2C3CC=C4CCCC(O)C4(C)C3CCC12C. The molecule has 1 N–H and O–H groups in total. The molecule has 0 amide bonds. The van der Waals surface area contributed by atoms with Crippen molar-refractivity contribution < 1.29 is 5.11 Å². The molecule has 0 aromatic carbocycles. The van der Waals surface area contributed by atoms with Crippen molar-refractivity contribution >= 4 is 0 Å². The first-order valence-corrected chi connectivity index (χ1v) is 12.7. The lowest BCUT2D eigenvalue weighted by atomic mass is 9.46. The normalized spacial score (nSPS) is 46.5. The fourth-order valence-electron chi connectivity index (χ4n) is 8.74. The predicted molar refractivity (Wildman–Crippen MR) is 119 cm³/mol. The summed E-state index contributed by atoms with van der Waals surface area (Å²) in [5, 5.41) is 11.0. The minimum atomic E-state index is -0.100. The highest BCUT2D eigenvalue weighted by atomic mass is 16.3. The number of aliphatic hydroxyl groups is 1. The fraction of sp³-hybridized carbons (Fsp3) is 0.926. The van der Waals surface area contributed by atoms with Crippen LogP contribution in [-0.4, -0.2) is 11.2 Å². The van der Waals surface area contributed by atoms with Crippen molar-refractivity contribution in [2.24, 2.45) is 46.3 Å². The molecule has 3 saturated carbocycles. The second-order valence-electron chi connectivity index (χ2n) is 12.1. The van der Waals surface area contributed by atoms with E-state index in [1.54, 1.807) is 5.57 Å². The first kappa shape index (κ1) is 21.0. The number of rotatable bonds is 5. The van der Waals surface area contributed by atoms with Gasteiger partial charge in [0, 0.05) is 5.41 Å². The average molecular weight is 387 g/mol. The molecule has 0 aromatic rings. The van der Waals surface area contributed by atoms with E-state index in [1.807, 2.05) is 0 Å². The van der Waals surface area contributed by atoms with E-state index in [2.05, 4.69) is 40.7 Å². The van der Waals surface area contributed by atoms with Crippen molar-refractivity contribution in [3.8, 4) is 0 Å². The molecule has 0 aliphatic heterocycles. The molecular weight excluding hydrogens is 340 g/mol. The third-order valence-electron chi connectivity index (χ3n) is 10.4. The zero-order valence-electron chi connectivity index (χ0n) is 19.3. The highest BCUT2D eigenvalue weighted by Gasteiger charge is 2.60. The molecule has 4 rings (SSSR count). The molecule has 0 bridgehead atoms. The van der Waals surface area contributed by atoms with Crippen LogP contribution in [0.2, 0.25) is 0 Å². The maximum absolute atomic E-state index is 11.0. The van der Waals surface area contributed by atoms with E-state index < -0.39 is 0 Å². The maximum Gasteiger partial charge on any atom is 0.0633 e. The molecule has 1 nitrogen and oxygen atoms in total. The molecule has 1 heteroatoms. The highest BCUT2D eigenvalue weighted by Crippen LogP contribution is 2.67. The van der Waals surface area contributed by atoms with Gasteiger partial charge in [0.1, 0.15) is 0 Å². The van der Waals surface area contributed by atoms with Crippen LogP contribution in [0.1, 0.15) is 105 Å². The summed E-state index contributed by atoms with van der Waals surface area (Å²) in [5.41, 5.74) is 2.26. The molecule has 0 radical (unpaired) electrons. The van der Waals surface area contributed by atoms with E-state index in [9.17, 15) is 5.11 Å². The molecule has 0 spiro atoms. The summed E-state index contributed by atoms with van der Waals surface area (Å²) in [6, 6.07) is 0. The first-order chi connectivity index (χ1) is 13.3. The quantitative estimate of drug-likeness (QED) is 0.488. The molecule has 28 heavy (non-hydrogen) atoms. The highest BCUT2D eigenvalue weighted by molar-refractivity contribution is 5.26. The summed E-state index contributed by atoms with van der Waals surface area (Å²) >= 11 is 0. The van der Waals surface area contributed by atoms with Crippen LogP contribution in [0.25, 0.3) is 0 Å². The van der Waals surface area contributed by atoms with Crippen LogP contribution in [0.4, 0.5) is 0 Å². The van der Waals surface area contributed by atoms with Crippen molar-refractivity contribution in [1.82, 2.24) is 0 Å². The molecule has 8 unspecified atom stereocenters. The van der Waals surface area contributed by atoms with Gasteiger partial charge in [-0.15, -0.1) is 0 Å². The van der Waals surface area contributed by atoms with E-state index in [-0.39, 0.29) is 11.5 Å². The zero-order valence-corrected chi connectivity index (χ0v) is 19.3. The Balaban J connectivity index is 1.51. The van der Waals surface area contributed by atoms with Gasteiger partial charge >= 0.3 is 0 Å². The molecule has 0 aromatic heterocycles. The summed E-state index contributed by atoms with van der Waals surface area (Å²) < 4.78 is 0. The summed E-state index contributed by atoms with van der Waals surface area (Å²) in [6.07, 6.45) is 17.2. The second-order valence-corrected chi connectivity index (χ2v) is 12.1. The summed E-state index contributed by atoms with van der Waals surface area (Å²) in [5.74, 6) is 5.12. The lowest BCUT2D eigenvalue weighted by molar-refractivity contribution is -0.0930. The molecule has 8 atom stereocenters. The summed E-state index contributed by atoms with van der Waals surface area (Å²) in [7, 11) is 0. The molecule has 4 aliphatic rings. The number of hydrogen-bond donors (Lipinski definition) is 1. The van der Waals surface area contributed by atoms with Crippen LogP contribution < -0.4 is 0 Å². The zero-order chi connectivity index (χ0) is 20.1. The summed E-state index contributed by atoms with van der Waals surface area (Å²) in [6.45, 7) is 12.4. The predicted octanol–water partition coefficient (Wildman–Crippen LogP) is 7.39. The van der Waals surface area contributed by atoms with Gasteiger partial charge in [-0.1, -0.05) is 65.5 Å². The van der Waals surface area contributed by atoms with Crippen LogP contribution >= 0.6 is 0 Å². The lowest BCUT2D eigenvalue weighted by Gasteiger charge is -2.59. The Bertz CT molecular complexity index is 591. The van der Waals surface area contributed by atoms with Gasteiger partial charge in [-0.2, -0.15) is 0 Å². The van der Waals surface area contributed by atoms with E-state index in [1.165, 1.54) is 64.2 Å². The van der Waals surface area contributed by atoms with Gasteiger partial charge in [0.25, 0.3) is 0 Å². The van der Waals surface area contributed by atoms with Crippen molar-refractivity contribution in [2.75, 3.05) is 0 Å². The van der Waals surface area contributed by atoms with E-state index >= 15 is 0 Å². The molecule has 0 heterocycles. The van der Waals surface area contributed by atoms with E-state index in [0.717, 1.165) is 41.9 Å². The minimum absolute atomic E-state index is 0.0868. The minimum Gasteiger partial charge on any atom is -0.392 e. The van der Waals surface area contributed by atoms with Gasteiger partial charge in [0.05, 0.1) is 6.10 Å². The van der Waals surface area contributed by atoms with Crippen molar-refractivity contribution in [1.29, 1.82) is 0 Å². The maximum atomic E-state index is 11.0. The fourth-order valence-corrected chi connectivity index (χ4v) is 8.74. The first-order valence-electron chi connectivity index (χ1n) is 12.7. The number of fused-ring (bicyclic) bond motifs is 5. The van der Waals surface area contributed by atoms with Crippen molar-refractivity contribution in [2.45, 2.75) is 111 Å². The van der Waals surface area contributed by atoms with Gasteiger partial charge < -0.3 is 5.11 Å². The Morgan fingerprint density at radius 2 is 1.82 bits per heavy atom. The van der Waals surface area contributed by atoms with Crippen molar-refractivity contribution in [3.63, 3.8) is 0 Å². The van der Waals surface area contributed by atoms with Crippen LogP contribution in [0.15, 0.2) is 11.6 Å². The molecule has 160 valence electrons. The number of aliphatic hydroxyl groups excluding tert-OH is 1. The van der Waals surface area contributed by atoms with Crippen LogP contribution in [0.3, 0.4) is 0 Å². The Morgan fingerprint density at radius 3 is 2.57 bits per heavy atom. The van der Waals surface area contributed by atoms with E-state index in [4.69, 9.17) is 0 Å². The lowest BCUT2D eigenvalue weighted by Crippen LogP contribution is -2.54. The standard InChI is InChI=1S/C27H46O/c1-18(2)8-6-9-19(3)22-14-15-23-21-13-12-20-10-7-11-25(28)27(20,5)24(21)16-17-26(22,23)4/h12,18-19,21-25,28H,6-11,13-17H2,1-5H3. The van der Waals surface area contributed by atoms with Crippen LogP contribution in [-0.2, 0) is 0 Å². The van der Waals surface area contributed by atoms with Crippen LogP contribution in [0.5, 0.6) is 0 Å². The van der Waals surface area contributed by atoms with Gasteiger partial charge in [-0.3, -0.25) is 0 Å². The Morgan fingerprint density at radius 1 is 1.04 bits per heavy atom. The average Bonchev–Trinajstić information content (AvgIpc) is 3.00. The third kappa shape index (κ3) is 3.23. The van der Waals surface area contributed by atoms with Gasteiger partial charge in [0.2, 0.25) is 0 Å². The molecule has 0 saturated heterocycles. The third-order valence-corrected chi connectivity index (χ3v) is 10.4. The van der Waals surface area contributed by atoms with Crippen LogP contribution in [0, 0.1) is 46.3 Å². The largest absolute Gasteiger partial charge is 0.392 e. The Hall–Kier alpha value is -0.300. The molecule has 4 aliphatic carbocycles. The topological polar surface area (TPSA) is 20.2 Å². The smallest absolute Gasteiger partial charge is 0.0633 e. The van der Waals surface area contributed by atoms with Gasteiger partial charge in [0.15, 0.2) is 0 Å². The van der Waals surface area contributed by atoms with Gasteiger partial charge in [-0.05, 0) is 92.3 Å². The Kier molecular flexibility index (Phi) is 5.80. The number of hydrogen-bond acceptors (Lipinski definition) is 1. The Labute approximate surface area is 174 Å². The molecular formula is C27H46O. The number of allylic oxidation sites excluding steroid dienone is 1. The van der Waals surface area contributed by atoms with Crippen molar-refractivity contribution in [3.05, 3.63) is 11.6 Å².